The smallest absolute Gasteiger partial charge is 0.114 e. The highest BCUT2D eigenvalue weighted by atomic mass is 16.6. The van der Waals surface area contributed by atoms with Gasteiger partial charge in [0.05, 0.1) is 12.7 Å². The lowest BCUT2D eigenvalue weighted by molar-refractivity contribution is -0.236. The molecule has 1 aliphatic heterocycles. The summed E-state index contributed by atoms with van der Waals surface area (Å²) in [5.74, 6) is 0. The average Bonchev–Trinajstić information content (AvgIpc) is 2.21. The van der Waals surface area contributed by atoms with Gasteiger partial charge in [0.1, 0.15) is 24.4 Å². The molecule has 0 aromatic rings. The quantitative estimate of drug-likeness (QED) is 0.546. The molecule has 1 fully saturated rings. The van der Waals surface area contributed by atoms with Crippen molar-refractivity contribution in [1.29, 1.82) is 0 Å². The minimum Gasteiger partial charge on any atom is -0.394 e. The second-order valence-corrected chi connectivity index (χ2v) is 3.49. The van der Waals surface area contributed by atoms with Crippen molar-refractivity contribution >= 4 is 0 Å². The topological polar surface area (TPSA) is 79.2 Å². The van der Waals surface area contributed by atoms with E-state index in [0.29, 0.717) is 6.42 Å². The average molecular weight is 206 g/mol. The monoisotopic (exact) mass is 206 g/mol. The van der Waals surface area contributed by atoms with Crippen LogP contribution < -0.4 is 0 Å². The van der Waals surface area contributed by atoms with E-state index in [1.165, 1.54) is 7.11 Å². The Kier molecular flexibility index (Phi) is 4.28. The van der Waals surface area contributed by atoms with E-state index < -0.39 is 30.5 Å². The Balaban J connectivity index is 2.71. The van der Waals surface area contributed by atoms with E-state index in [9.17, 15) is 10.2 Å². The first-order valence-electron chi connectivity index (χ1n) is 4.80. The number of aliphatic hydroxyl groups excluding tert-OH is 3. The number of hydrogen-bond acceptors (Lipinski definition) is 5. The zero-order valence-electron chi connectivity index (χ0n) is 8.46. The van der Waals surface area contributed by atoms with Gasteiger partial charge in [-0.1, -0.05) is 6.92 Å². The normalized spacial score (nSPS) is 43.9. The third-order valence-electron chi connectivity index (χ3n) is 2.64. The Morgan fingerprint density at radius 2 is 1.86 bits per heavy atom. The summed E-state index contributed by atoms with van der Waals surface area (Å²) >= 11 is 0. The van der Waals surface area contributed by atoms with Crippen molar-refractivity contribution in [3.05, 3.63) is 0 Å². The van der Waals surface area contributed by atoms with Crippen molar-refractivity contribution in [2.24, 2.45) is 0 Å². The van der Waals surface area contributed by atoms with Crippen LogP contribution in [0.5, 0.6) is 0 Å². The van der Waals surface area contributed by atoms with Crippen molar-refractivity contribution in [3.63, 3.8) is 0 Å². The summed E-state index contributed by atoms with van der Waals surface area (Å²) in [7, 11) is 1.42. The zero-order chi connectivity index (χ0) is 10.7. The predicted molar refractivity (Wildman–Crippen MR) is 48.8 cm³/mol. The summed E-state index contributed by atoms with van der Waals surface area (Å²) in [6.07, 6.45) is -3.04. The maximum absolute atomic E-state index is 9.67. The van der Waals surface area contributed by atoms with E-state index in [1.54, 1.807) is 0 Å². The molecule has 5 heteroatoms. The third-order valence-corrected chi connectivity index (χ3v) is 2.64. The highest BCUT2D eigenvalue weighted by Crippen LogP contribution is 2.24. The lowest BCUT2D eigenvalue weighted by Crippen LogP contribution is -2.58. The maximum Gasteiger partial charge on any atom is 0.114 e. The van der Waals surface area contributed by atoms with Crippen LogP contribution in [0.3, 0.4) is 0 Å². The molecule has 5 unspecified atom stereocenters. The van der Waals surface area contributed by atoms with Gasteiger partial charge in [0.15, 0.2) is 0 Å². The SMILES string of the molecule is CCC1OC(CO)C(OC)C(O)C1O. The van der Waals surface area contributed by atoms with Crippen molar-refractivity contribution in [2.75, 3.05) is 13.7 Å². The van der Waals surface area contributed by atoms with Crippen LogP contribution in [0.4, 0.5) is 0 Å². The molecule has 84 valence electrons. The molecule has 0 amide bonds. The number of methoxy groups -OCH3 is 1. The van der Waals surface area contributed by atoms with Gasteiger partial charge >= 0.3 is 0 Å². The van der Waals surface area contributed by atoms with Gasteiger partial charge in [-0.15, -0.1) is 0 Å². The molecule has 5 atom stereocenters. The largest absolute Gasteiger partial charge is 0.394 e. The van der Waals surface area contributed by atoms with Gasteiger partial charge in [-0.2, -0.15) is 0 Å². The minimum atomic E-state index is -1.00. The van der Waals surface area contributed by atoms with Gasteiger partial charge in [0.25, 0.3) is 0 Å². The number of hydrogen-bond donors (Lipinski definition) is 3. The molecule has 0 aromatic carbocycles. The van der Waals surface area contributed by atoms with Crippen molar-refractivity contribution in [1.82, 2.24) is 0 Å². The maximum atomic E-state index is 9.67. The standard InChI is InChI=1S/C9H18O5/c1-3-5-7(11)8(12)9(13-2)6(4-10)14-5/h5-12H,3-4H2,1-2H3. The highest BCUT2D eigenvalue weighted by molar-refractivity contribution is 4.92. The molecule has 0 radical (unpaired) electrons. The van der Waals surface area contributed by atoms with Gasteiger partial charge in [0, 0.05) is 7.11 Å². The fourth-order valence-corrected chi connectivity index (χ4v) is 1.79. The molecule has 1 saturated heterocycles. The van der Waals surface area contributed by atoms with Crippen LogP contribution in [-0.2, 0) is 9.47 Å². The molecule has 14 heavy (non-hydrogen) atoms. The molecule has 1 rings (SSSR count). The van der Waals surface area contributed by atoms with Crippen LogP contribution in [0.2, 0.25) is 0 Å². The highest BCUT2D eigenvalue weighted by Gasteiger charge is 2.43. The van der Waals surface area contributed by atoms with Gasteiger partial charge < -0.3 is 24.8 Å². The van der Waals surface area contributed by atoms with Crippen molar-refractivity contribution in [2.45, 2.75) is 43.9 Å². The third kappa shape index (κ3) is 2.07. The van der Waals surface area contributed by atoms with Crippen molar-refractivity contribution < 1.29 is 24.8 Å². The van der Waals surface area contributed by atoms with Crippen molar-refractivity contribution in [3.8, 4) is 0 Å². The molecular formula is C9H18O5. The molecule has 0 saturated carbocycles. The van der Waals surface area contributed by atoms with Gasteiger partial charge in [-0.05, 0) is 6.42 Å². The Labute approximate surface area is 83.3 Å². The summed E-state index contributed by atoms with van der Waals surface area (Å²) in [6, 6.07) is 0. The Morgan fingerprint density at radius 1 is 1.21 bits per heavy atom. The number of aliphatic hydroxyl groups is 3. The predicted octanol–water partition coefficient (Wildman–Crippen LogP) is -1.11. The van der Waals surface area contributed by atoms with Crippen LogP contribution in [0.1, 0.15) is 13.3 Å². The molecule has 1 aliphatic rings. The first-order chi connectivity index (χ1) is 6.65. The summed E-state index contributed by atoms with van der Waals surface area (Å²) in [6.45, 7) is 1.63. The molecule has 0 bridgehead atoms. The molecule has 1 heterocycles. The molecular weight excluding hydrogens is 188 g/mol. The number of rotatable bonds is 3. The summed E-state index contributed by atoms with van der Waals surface area (Å²) in [5, 5.41) is 28.3. The fraction of sp³-hybridized carbons (Fsp3) is 1.00. The van der Waals surface area contributed by atoms with Crippen LogP contribution in [0, 0.1) is 0 Å². The Hall–Kier alpha value is -0.200. The molecule has 0 spiro atoms. The molecule has 0 aliphatic carbocycles. The van der Waals surface area contributed by atoms with E-state index in [-0.39, 0.29) is 6.61 Å². The lowest BCUT2D eigenvalue weighted by Gasteiger charge is -2.41. The Morgan fingerprint density at radius 3 is 2.29 bits per heavy atom. The van der Waals surface area contributed by atoms with E-state index >= 15 is 0 Å². The summed E-state index contributed by atoms with van der Waals surface area (Å²) < 4.78 is 10.4. The Bertz CT molecular complexity index is 173. The van der Waals surface area contributed by atoms with Crippen LogP contribution >= 0.6 is 0 Å². The minimum absolute atomic E-state index is 0.223. The molecule has 5 nitrogen and oxygen atoms in total. The second kappa shape index (κ2) is 5.04. The molecule has 3 N–H and O–H groups in total. The second-order valence-electron chi connectivity index (χ2n) is 3.49. The summed E-state index contributed by atoms with van der Waals surface area (Å²) in [5.41, 5.74) is 0. The van der Waals surface area contributed by atoms with Gasteiger partial charge in [-0.25, -0.2) is 0 Å². The lowest BCUT2D eigenvalue weighted by atomic mass is 9.94. The number of ether oxygens (including phenoxy) is 2. The first kappa shape index (κ1) is 11.9. The first-order valence-corrected chi connectivity index (χ1v) is 4.80. The zero-order valence-corrected chi connectivity index (χ0v) is 8.46. The van der Waals surface area contributed by atoms with Crippen LogP contribution in [0.25, 0.3) is 0 Å². The van der Waals surface area contributed by atoms with Crippen LogP contribution in [-0.4, -0.2) is 59.6 Å². The summed E-state index contributed by atoms with van der Waals surface area (Å²) in [4.78, 5) is 0. The van der Waals surface area contributed by atoms with E-state index in [4.69, 9.17) is 14.6 Å². The van der Waals surface area contributed by atoms with Crippen LogP contribution in [0.15, 0.2) is 0 Å². The van der Waals surface area contributed by atoms with Gasteiger partial charge in [0.2, 0.25) is 0 Å². The molecule has 0 aromatic heterocycles. The van der Waals surface area contributed by atoms with E-state index in [2.05, 4.69) is 0 Å². The van der Waals surface area contributed by atoms with Gasteiger partial charge in [-0.3, -0.25) is 0 Å². The fourth-order valence-electron chi connectivity index (χ4n) is 1.79. The van der Waals surface area contributed by atoms with E-state index in [1.807, 2.05) is 6.92 Å². The van der Waals surface area contributed by atoms with E-state index in [0.717, 1.165) is 0 Å².